The fourth-order valence-corrected chi connectivity index (χ4v) is 4.22. The molecular weight excluding hydrogens is 416 g/mol. The van der Waals surface area contributed by atoms with Crippen LogP contribution in [0.5, 0.6) is 0 Å². The van der Waals surface area contributed by atoms with Gasteiger partial charge in [-0.15, -0.1) is 0 Å². The molecule has 3 rings (SSSR count). The second-order valence-electron chi connectivity index (χ2n) is 7.69. The first-order valence-electron chi connectivity index (χ1n) is 9.87. The van der Waals surface area contributed by atoms with Crippen molar-refractivity contribution in [2.75, 3.05) is 27.3 Å². The number of methoxy groups -OCH3 is 1. The zero-order valence-electron chi connectivity index (χ0n) is 18.0. The second kappa shape index (κ2) is 9.53. The highest BCUT2D eigenvalue weighted by Gasteiger charge is 2.35. The first kappa shape index (κ1) is 22.8. The molecule has 1 aliphatic carbocycles. The minimum Gasteiger partial charge on any atom is -0.468 e. The first-order chi connectivity index (χ1) is 14.8. The van der Waals surface area contributed by atoms with Gasteiger partial charge in [-0.25, -0.2) is 9.10 Å². The number of benzene rings is 2. The SMILES string of the molecule is COC(=O)C(C)(C)N(C)SC(=O)CNC(=O)OCC1c2ccccc2-c2ccccc21. The van der Waals surface area contributed by atoms with Crippen LogP contribution in [0.4, 0.5) is 4.79 Å². The average Bonchev–Trinajstić information content (AvgIpc) is 3.09. The Morgan fingerprint density at radius 3 is 2.13 bits per heavy atom. The Bertz CT molecular complexity index is 946. The number of rotatable bonds is 7. The van der Waals surface area contributed by atoms with Gasteiger partial charge in [0.15, 0.2) is 0 Å². The van der Waals surface area contributed by atoms with E-state index in [1.165, 1.54) is 11.4 Å². The maximum Gasteiger partial charge on any atom is 0.407 e. The van der Waals surface area contributed by atoms with Crippen LogP contribution in [0.3, 0.4) is 0 Å². The summed E-state index contributed by atoms with van der Waals surface area (Å²) in [5.41, 5.74) is 3.55. The molecule has 2 aromatic rings. The highest BCUT2D eigenvalue weighted by Crippen LogP contribution is 2.44. The molecule has 1 aliphatic rings. The summed E-state index contributed by atoms with van der Waals surface area (Å²) >= 11 is 0.840. The van der Waals surface area contributed by atoms with E-state index in [-0.39, 0.29) is 24.2 Å². The van der Waals surface area contributed by atoms with Crippen LogP contribution >= 0.6 is 11.9 Å². The molecule has 164 valence electrons. The van der Waals surface area contributed by atoms with Crippen LogP contribution in [0.25, 0.3) is 11.1 Å². The number of nitrogens with one attached hydrogen (secondary N) is 1. The van der Waals surface area contributed by atoms with E-state index in [2.05, 4.69) is 17.4 Å². The molecule has 1 amide bonds. The molecule has 0 radical (unpaired) electrons. The lowest BCUT2D eigenvalue weighted by Crippen LogP contribution is -2.46. The highest BCUT2D eigenvalue weighted by molar-refractivity contribution is 8.11. The molecule has 0 aliphatic heterocycles. The predicted octanol–water partition coefficient (Wildman–Crippen LogP) is 3.58. The average molecular weight is 443 g/mol. The third kappa shape index (κ3) is 4.91. The molecule has 0 saturated heterocycles. The lowest BCUT2D eigenvalue weighted by Gasteiger charge is -2.30. The number of alkyl carbamates (subject to hydrolysis) is 1. The number of carbonyl (C=O) groups is 3. The maximum absolute atomic E-state index is 12.2. The van der Waals surface area contributed by atoms with Crippen LogP contribution in [0.1, 0.15) is 30.9 Å². The van der Waals surface area contributed by atoms with Gasteiger partial charge in [0.05, 0.1) is 13.7 Å². The summed E-state index contributed by atoms with van der Waals surface area (Å²) in [5.74, 6) is -0.505. The van der Waals surface area contributed by atoms with Gasteiger partial charge in [0, 0.05) is 5.92 Å². The summed E-state index contributed by atoms with van der Waals surface area (Å²) in [7, 11) is 2.91. The molecule has 0 unspecified atom stereocenters. The Morgan fingerprint density at radius 1 is 1.03 bits per heavy atom. The number of fused-ring (bicyclic) bond motifs is 3. The Labute approximate surface area is 186 Å². The first-order valence-corrected chi connectivity index (χ1v) is 10.6. The molecule has 0 bridgehead atoms. The third-order valence-corrected chi connectivity index (χ3v) is 6.51. The second-order valence-corrected chi connectivity index (χ2v) is 8.88. The van der Waals surface area contributed by atoms with Gasteiger partial charge in [0.2, 0.25) is 5.12 Å². The third-order valence-electron chi connectivity index (χ3n) is 5.43. The van der Waals surface area contributed by atoms with Crippen LogP contribution in [0, 0.1) is 0 Å². The van der Waals surface area contributed by atoms with Crippen LogP contribution in [-0.4, -0.2) is 54.3 Å². The van der Waals surface area contributed by atoms with Crippen LogP contribution in [0.15, 0.2) is 48.5 Å². The monoisotopic (exact) mass is 442 g/mol. The quantitative estimate of drug-likeness (QED) is 0.518. The van der Waals surface area contributed by atoms with Gasteiger partial charge in [0.1, 0.15) is 12.1 Å². The summed E-state index contributed by atoms with van der Waals surface area (Å²) in [6.07, 6.45) is -0.661. The number of hydrogen-bond donors (Lipinski definition) is 1. The lowest BCUT2D eigenvalue weighted by molar-refractivity contribution is -0.149. The van der Waals surface area contributed by atoms with Gasteiger partial charge in [-0.3, -0.25) is 9.59 Å². The van der Waals surface area contributed by atoms with Gasteiger partial charge in [-0.05, 0) is 55.1 Å². The zero-order valence-corrected chi connectivity index (χ0v) is 18.8. The van der Waals surface area contributed by atoms with Gasteiger partial charge < -0.3 is 14.8 Å². The summed E-state index contributed by atoms with van der Waals surface area (Å²) < 4.78 is 11.7. The summed E-state index contributed by atoms with van der Waals surface area (Å²) in [5, 5.41) is 2.15. The Kier molecular flexibility index (Phi) is 7.02. The number of likely N-dealkylation sites (N-methyl/N-ethyl adjacent to an activating group) is 1. The molecule has 0 saturated carbocycles. The number of esters is 1. The van der Waals surface area contributed by atoms with E-state index in [0.717, 1.165) is 34.2 Å². The van der Waals surface area contributed by atoms with Gasteiger partial charge in [-0.2, -0.15) is 0 Å². The van der Waals surface area contributed by atoms with Crippen LogP contribution in [0.2, 0.25) is 0 Å². The van der Waals surface area contributed by atoms with Crippen molar-refractivity contribution in [1.29, 1.82) is 0 Å². The Hall–Kier alpha value is -2.84. The van der Waals surface area contributed by atoms with Crippen LogP contribution < -0.4 is 5.32 Å². The van der Waals surface area contributed by atoms with Crippen molar-refractivity contribution in [2.24, 2.45) is 0 Å². The van der Waals surface area contributed by atoms with E-state index in [1.54, 1.807) is 20.9 Å². The van der Waals surface area contributed by atoms with E-state index >= 15 is 0 Å². The molecule has 8 heteroatoms. The van der Waals surface area contributed by atoms with Crippen molar-refractivity contribution in [3.8, 4) is 11.1 Å². The molecule has 7 nitrogen and oxygen atoms in total. The molecule has 0 fully saturated rings. The summed E-state index contributed by atoms with van der Waals surface area (Å²) in [6.45, 7) is 3.26. The Balaban J connectivity index is 1.52. The molecule has 1 N–H and O–H groups in total. The topological polar surface area (TPSA) is 84.9 Å². The van der Waals surface area contributed by atoms with Crippen molar-refractivity contribution in [1.82, 2.24) is 9.62 Å². The Morgan fingerprint density at radius 2 is 1.58 bits per heavy atom. The van der Waals surface area contributed by atoms with Gasteiger partial charge in [0.25, 0.3) is 0 Å². The van der Waals surface area contributed by atoms with E-state index in [1.807, 2.05) is 36.4 Å². The van der Waals surface area contributed by atoms with E-state index < -0.39 is 17.6 Å². The van der Waals surface area contributed by atoms with E-state index in [4.69, 9.17) is 9.47 Å². The summed E-state index contributed by atoms with van der Waals surface area (Å²) in [6, 6.07) is 16.1. The predicted molar refractivity (Wildman–Crippen MR) is 120 cm³/mol. The number of ether oxygens (including phenoxy) is 2. The van der Waals surface area contributed by atoms with Gasteiger partial charge in [-0.1, -0.05) is 48.5 Å². The maximum atomic E-state index is 12.2. The van der Waals surface area contributed by atoms with Gasteiger partial charge >= 0.3 is 12.1 Å². The summed E-state index contributed by atoms with van der Waals surface area (Å²) in [4.78, 5) is 36.2. The van der Waals surface area contributed by atoms with Crippen molar-refractivity contribution in [3.05, 3.63) is 59.7 Å². The molecule has 2 aromatic carbocycles. The highest BCUT2D eigenvalue weighted by atomic mass is 32.2. The smallest absolute Gasteiger partial charge is 0.407 e. The fourth-order valence-electron chi connectivity index (χ4n) is 3.47. The van der Waals surface area contributed by atoms with Crippen molar-refractivity contribution < 1.29 is 23.9 Å². The molecule has 31 heavy (non-hydrogen) atoms. The number of amides is 1. The minimum atomic E-state index is -0.987. The largest absolute Gasteiger partial charge is 0.468 e. The van der Waals surface area contributed by atoms with E-state index in [9.17, 15) is 14.4 Å². The zero-order chi connectivity index (χ0) is 22.6. The number of hydrogen-bond acceptors (Lipinski definition) is 7. The minimum absolute atomic E-state index is 0.0461. The normalized spacial score (nSPS) is 12.8. The molecule has 0 spiro atoms. The molecule has 0 heterocycles. The van der Waals surface area contributed by atoms with E-state index in [0.29, 0.717) is 0 Å². The standard InChI is InChI=1S/C23H26N2O5S/c1-23(2,21(27)29-4)25(3)31-20(26)13-24-22(28)30-14-19-17-11-7-5-9-15(17)16-10-6-8-12-18(16)19/h5-12,19H,13-14H2,1-4H3,(H,24,28). The van der Waals surface area contributed by atoms with Crippen LogP contribution in [-0.2, 0) is 19.1 Å². The number of nitrogens with zero attached hydrogens (tertiary/aromatic N) is 1. The van der Waals surface area contributed by atoms with Crippen molar-refractivity contribution in [2.45, 2.75) is 25.3 Å². The molecule has 0 aromatic heterocycles. The fraction of sp³-hybridized carbons (Fsp3) is 0.348. The molecule has 0 atom stereocenters. The van der Waals surface area contributed by atoms with Crippen molar-refractivity contribution in [3.63, 3.8) is 0 Å². The van der Waals surface area contributed by atoms with Crippen molar-refractivity contribution >= 4 is 29.1 Å². The number of carbonyl (C=O) groups excluding carboxylic acids is 3. The lowest BCUT2D eigenvalue weighted by atomic mass is 9.98. The molecular formula is C23H26N2O5S.